The number of thioether (sulfide) groups is 1. The van der Waals surface area contributed by atoms with Gasteiger partial charge in [-0.25, -0.2) is 0 Å². The van der Waals surface area contributed by atoms with Crippen LogP contribution >= 0.6 is 11.8 Å². The number of hydrogen-bond acceptors (Lipinski definition) is 7. The highest BCUT2D eigenvalue weighted by Crippen LogP contribution is 2.37. The van der Waals surface area contributed by atoms with Crippen molar-refractivity contribution >= 4 is 29.2 Å². The van der Waals surface area contributed by atoms with Gasteiger partial charge in [0.05, 0.1) is 25.1 Å². The van der Waals surface area contributed by atoms with Gasteiger partial charge in [0.1, 0.15) is 11.6 Å². The maximum atomic E-state index is 12.0. The molecule has 0 heterocycles. The summed E-state index contributed by atoms with van der Waals surface area (Å²) >= 11 is 1.58. The van der Waals surface area contributed by atoms with E-state index < -0.39 is 0 Å². The van der Waals surface area contributed by atoms with E-state index in [9.17, 15) is 10.0 Å². The molecule has 0 bridgehead atoms. The molecule has 0 saturated heterocycles. The highest BCUT2D eigenvalue weighted by atomic mass is 32.2. The number of oxime groups is 1. The third-order valence-electron chi connectivity index (χ3n) is 5.78. The molecular formula is C22H35N5O3S. The third-order valence-corrected chi connectivity index (χ3v) is 6.78. The first-order chi connectivity index (χ1) is 15.0. The number of amides is 1. The van der Waals surface area contributed by atoms with Gasteiger partial charge >= 0.3 is 0 Å². The van der Waals surface area contributed by atoms with Gasteiger partial charge in [-0.2, -0.15) is 16.9 Å². The fourth-order valence-corrected chi connectivity index (χ4v) is 4.88. The van der Waals surface area contributed by atoms with Crippen LogP contribution in [0.15, 0.2) is 34.5 Å². The number of hydrogen-bond donors (Lipinski definition) is 4. The van der Waals surface area contributed by atoms with Gasteiger partial charge in [0.15, 0.2) is 0 Å². The zero-order chi connectivity index (χ0) is 22.6. The Bertz CT molecular complexity index is 754. The van der Waals surface area contributed by atoms with Crippen LogP contribution in [-0.4, -0.2) is 54.9 Å². The van der Waals surface area contributed by atoms with Crippen LogP contribution in [0.4, 0.5) is 0 Å². The summed E-state index contributed by atoms with van der Waals surface area (Å²) in [5.41, 5.74) is 10.3. The minimum absolute atomic E-state index is 0.0659. The van der Waals surface area contributed by atoms with Crippen molar-refractivity contribution < 1.29 is 14.7 Å². The fourth-order valence-electron chi connectivity index (χ4n) is 4.02. The molecule has 1 aliphatic rings. The van der Waals surface area contributed by atoms with Crippen molar-refractivity contribution in [2.75, 3.05) is 32.2 Å². The van der Waals surface area contributed by atoms with Crippen molar-refractivity contribution in [3.8, 4) is 5.75 Å². The first-order valence-electron chi connectivity index (χ1n) is 10.7. The van der Waals surface area contributed by atoms with Gasteiger partial charge in [-0.1, -0.05) is 24.2 Å². The first kappa shape index (κ1) is 24.8. The van der Waals surface area contributed by atoms with Crippen LogP contribution in [0.2, 0.25) is 0 Å². The van der Waals surface area contributed by atoms with Crippen molar-refractivity contribution in [2.45, 2.75) is 38.5 Å². The van der Waals surface area contributed by atoms with Gasteiger partial charge in [-0.3, -0.25) is 4.79 Å². The van der Waals surface area contributed by atoms with Gasteiger partial charge in [0.25, 0.3) is 0 Å². The zero-order valence-electron chi connectivity index (χ0n) is 18.6. The van der Waals surface area contributed by atoms with E-state index >= 15 is 0 Å². The third kappa shape index (κ3) is 7.97. The van der Waals surface area contributed by atoms with Crippen molar-refractivity contribution in [3.05, 3.63) is 29.8 Å². The monoisotopic (exact) mass is 449 g/mol. The molecule has 1 fully saturated rings. The van der Waals surface area contributed by atoms with Crippen LogP contribution in [0.1, 0.15) is 44.1 Å². The number of rotatable bonds is 10. The number of hydrazone groups is 1. The molecule has 3 unspecified atom stereocenters. The summed E-state index contributed by atoms with van der Waals surface area (Å²) in [4.78, 5) is 12.0. The zero-order valence-corrected chi connectivity index (χ0v) is 19.5. The number of nitrogens with zero attached hydrogens (tertiary/aromatic N) is 2. The molecule has 9 heteroatoms. The lowest BCUT2D eigenvalue weighted by Gasteiger charge is -2.22. The minimum Gasteiger partial charge on any atom is -0.497 e. The van der Waals surface area contributed by atoms with Crippen molar-refractivity contribution in [3.63, 3.8) is 0 Å². The lowest BCUT2D eigenvalue weighted by Crippen LogP contribution is -2.35. The number of carbonyl (C=O) groups is 1. The van der Waals surface area contributed by atoms with Crippen molar-refractivity contribution in [2.24, 2.45) is 27.8 Å². The number of carbonyl (C=O) groups excluding carboxylic acids is 1. The summed E-state index contributed by atoms with van der Waals surface area (Å²) < 4.78 is 5.26. The molecule has 2 rings (SSSR count). The number of nitrogens with one attached hydrogen (secondary N) is 2. The van der Waals surface area contributed by atoms with Crippen LogP contribution in [0.25, 0.3) is 0 Å². The molecule has 1 aromatic rings. The van der Waals surface area contributed by atoms with E-state index in [4.69, 9.17) is 10.5 Å². The van der Waals surface area contributed by atoms with Gasteiger partial charge in [-0.15, -0.1) is 0 Å². The summed E-state index contributed by atoms with van der Waals surface area (Å²) in [6, 6.07) is 8.17. The number of methoxy groups -OCH3 is 1. The van der Waals surface area contributed by atoms with Crippen LogP contribution in [0, 0.1) is 11.8 Å². The molecule has 0 spiro atoms. The molecule has 1 aromatic carbocycles. The quantitative estimate of drug-likeness (QED) is 0.109. The van der Waals surface area contributed by atoms with E-state index in [1.54, 1.807) is 25.9 Å². The van der Waals surface area contributed by atoms with Crippen molar-refractivity contribution in [1.82, 2.24) is 10.7 Å². The number of benzene rings is 1. The first-order valence-corrected chi connectivity index (χ1v) is 11.8. The molecule has 1 amide bonds. The SMILES string of the molecule is CN/N=C(\N)CNC(=O)CSCCC1/C(=N/O)CC(c2ccc(OC)cc2)CCC1C. The summed E-state index contributed by atoms with van der Waals surface area (Å²) in [6.45, 7) is 2.46. The van der Waals surface area contributed by atoms with Gasteiger partial charge in [0, 0.05) is 13.0 Å². The Morgan fingerprint density at radius 1 is 1.32 bits per heavy atom. The maximum Gasteiger partial charge on any atom is 0.230 e. The van der Waals surface area contributed by atoms with Crippen molar-refractivity contribution in [1.29, 1.82) is 0 Å². The van der Waals surface area contributed by atoms with Gasteiger partial charge < -0.3 is 26.4 Å². The Labute approximate surface area is 189 Å². The minimum atomic E-state index is -0.0659. The molecule has 172 valence electrons. The number of ether oxygens (including phenoxy) is 1. The van der Waals surface area contributed by atoms with Crippen LogP contribution < -0.4 is 21.2 Å². The Morgan fingerprint density at radius 2 is 2.06 bits per heavy atom. The van der Waals surface area contributed by atoms with Gasteiger partial charge in [0.2, 0.25) is 5.91 Å². The van der Waals surface area contributed by atoms with E-state index in [2.05, 4.69) is 40.1 Å². The Morgan fingerprint density at radius 3 is 2.71 bits per heavy atom. The number of amidine groups is 1. The topological polar surface area (TPSA) is 121 Å². The van der Waals surface area contributed by atoms with Crippen LogP contribution in [0.5, 0.6) is 5.75 Å². The van der Waals surface area contributed by atoms with E-state index in [1.807, 2.05) is 12.1 Å². The summed E-state index contributed by atoms with van der Waals surface area (Å²) in [6.07, 6.45) is 3.79. The average molecular weight is 450 g/mol. The predicted octanol–water partition coefficient (Wildman–Crippen LogP) is 2.78. The molecule has 1 aliphatic carbocycles. The van der Waals surface area contributed by atoms with Crippen LogP contribution in [0.3, 0.4) is 0 Å². The molecule has 3 atom stereocenters. The second-order valence-corrected chi connectivity index (χ2v) is 8.98. The smallest absolute Gasteiger partial charge is 0.230 e. The normalized spacial score (nSPS) is 23.3. The van der Waals surface area contributed by atoms with E-state index in [1.165, 1.54) is 5.56 Å². The molecule has 0 radical (unpaired) electrons. The fraction of sp³-hybridized carbons (Fsp3) is 0.591. The largest absolute Gasteiger partial charge is 0.497 e. The molecular weight excluding hydrogens is 414 g/mol. The molecule has 31 heavy (non-hydrogen) atoms. The number of nitrogens with two attached hydrogens (primary N) is 1. The standard InChI is InChI=1S/C22H35N5O3S/c1-15-4-5-17(16-6-8-18(30-3)9-7-16)12-20(27-29)19(15)10-11-31-14-22(28)25-13-21(23)26-24-2/h6-9,15,17,19,24,29H,4-5,10-14H2,1-3H3,(H2,23,26)(H,25,28)/b27-20+. The highest BCUT2D eigenvalue weighted by molar-refractivity contribution is 7.99. The Balaban J connectivity index is 1.85. The lowest BCUT2D eigenvalue weighted by atomic mass is 9.86. The van der Waals surface area contributed by atoms with Crippen LogP contribution in [-0.2, 0) is 4.79 Å². The highest BCUT2D eigenvalue weighted by Gasteiger charge is 2.30. The summed E-state index contributed by atoms with van der Waals surface area (Å²) in [5, 5.41) is 20.0. The summed E-state index contributed by atoms with van der Waals surface area (Å²) in [7, 11) is 3.32. The second kappa shape index (κ2) is 13.1. The molecule has 0 aliphatic heterocycles. The molecule has 8 nitrogen and oxygen atoms in total. The molecule has 5 N–H and O–H groups in total. The van der Waals surface area contributed by atoms with E-state index in [0.717, 1.165) is 42.9 Å². The Hall–Kier alpha value is -2.42. The maximum absolute atomic E-state index is 12.0. The molecule has 1 saturated carbocycles. The van der Waals surface area contributed by atoms with E-state index in [0.29, 0.717) is 23.4 Å². The predicted molar refractivity (Wildman–Crippen MR) is 127 cm³/mol. The summed E-state index contributed by atoms with van der Waals surface area (Å²) in [5.74, 6) is 3.31. The Kier molecular flexibility index (Phi) is 10.5. The van der Waals surface area contributed by atoms with Gasteiger partial charge in [-0.05, 0) is 61.0 Å². The molecule has 0 aromatic heterocycles. The van der Waals surface area contributed by atoms with E-state index in [-0.39, 0.29) is 18.4 Å². The lowest BCUT2D eigenvalue weighted by molar-refractivity contribution is -0.118. The average Bonchev–Trinajstić information content (AvgIpc) is 2.94. The second-order valence-electron chi connectivity index (χ2n) is 7.87.